The molecule has 0 radical (unpaired) electrons. The number of nitrogens with zero attached hydrogens (tertiary/aromatic N) is 5. The number of hydrogen-bond acceptors (Lipinski definition) is 4. The Kier molecular flexibility index (Phi) is 10.7. The number of benzene rings is 12. The van der Waals surface area contributed by atoms with Crippen LogP contribution in [0.1, 0.15) is 52.7 Å². The SMILES string of the molecule is CC(C)(C)c1cc2c3c(c1)N(c1ccccc1)c1cc4c(cc1B3c1ccccc1N2c1ccccc1)B1c2ccccc2N(c2ccccc2)c2cc(-n3c5ccc(C(C)(C)C)cc5c5ccc6ccccc6c53)cc(c21)N4c1ccccc1. The monoisotopic (exact) mass is 1090 g/mol. The fraction of sp³-hybridized carbons (Fsp3) is 0.103. The van der Waals surface area contributed by atoms with Crippen LogP contribution in [0.2, 0.25) is 0 Å². The smallest absolute Gasteiger partial charge is 0.252 e. The second-order valence-electron chi connectivity index (χ2n) is 25.7. The van der Waals surface area contributed by atoms with Crippen molar-refractivity contribution in [2.24, 2.45) is 0 Å². The van der Waals surface area contributed by atoms with E-state index in [0.717, 1.165) is 34.1 Å². The van der Waals surface area contributed by atoms with Gasteiger partial charge in [-0.05, 0) is 163 Å². The Labute approximate surface area is 498 Å². The lowest BCUT2D eigenvalue weighted by atomic mass is 9.30. The molecule has 13 aromatic rings. The predicted molar refractivity (Wildman–Crippen MR) is 364 cm³/mol. The van der Waals surface area contributed by atoms with E-state index in [1.165, 1.54) is 116 Å². The van der Waals surface area contributed by atoms with E-state index in [1.54, 1.807) is 0 Å². The highest BCUT2D eigenvalue weighted by Crippen LogP contribution is 2.51. The molecular weight excluding hydrogens is 1030 g/mol. The van der Waals surface area contributed by atoms with Gasteiger partial charge in [0.2, 0.25) is 0 Å². The summed E-state index contributed by atoms with van der Waals surface area (Å²) in [6, 6.07) is 98.8. The zero-order valence-electron chi connectivity index (χ0n) is 48.7. The Bertz CT molecular complexity index is 4890. The molecule has 0 unspecified atom stereocenters. The maximum absolute atomic E-state index is 2.65. The van der Waals surface area contributed by atoms with Gasteiger partial charge in [0.05, 0.1) is 16.7 Å². The molecule has 5 nitrogen and oxygen atoms in total. The fourth-order valence-electron chi connectivity index (χ4n) is 14.9. The Morgan fingerprint density at radius 1 is 0.271 bits per heavy atom. The lowest BCUT2D eigenvalue weighted by Gasteiger charge is -2.47. The molecule has 0 atom stereocenters. The molecule has 0 aliphatic carbocycles. The molecular formula is C78H61B2N5. The molecule has 4 aliphatic heterocycles. The molecule has 0 saturated carbocycles. The van der Waals surface area contributed by atoms with Gasteiger partial charge in [-0.2, -0.15) is 0 Å². The van der Waals surface area contributed by atoms with Crippen LogP contribution in [-0.4, -0.2) is 18.0 Å². The van der Waals surface area contributed by atoms with E-state index in [9.17, 15) is 0 Å². The molecule has 85 heavy (non-hydrogen) atoms. The molecule has 0 saturated heterocycles. The van der Waals surface area contributed by atoms with Gasteiger partial charge in [0.25, 0.3) is 13.4 Å². The lowest BCUT2D eigenvalue weighted by molar-refractivity contribution is 0.590. The largest absolute Gasteiger partial charge is 0.311 e. The first-order valence-corrected chi connectivity index (χ1v) is 30.1. The van der Waals surface area contributed by atoms with E-state index in [4.69, 9.17) is 0 Å². The standard InChI is InChI=1S/C78H61B2N5/c1-77(2,3)51-40-42-65-60(43-51)59-41-39-50-25-19-20-34-58(50)76(59)85(65)57-46-72-75-73(47-57)84(56-32-17-10-18-33-56)69-49-68-63(48-64(69)80(75)62-36-22-24-38-67(62)82(72)54-28-13-8-14-29-54)79-61-35-21-23-37-66(61)81(53-26-11-7-12-27-53)70-44-52(78(4,5)6)45-71(74(70)79)83(68)55-30-15-9-16-31-55/h7-49H,1-6H3. The van der Waals surface area contributed by atoms with Gasteiger partial charge in [-0.15, -0.1) is 0 Å². The minimum atomic E-state index is -0.151. The second-order valence-corrected chi connectivity index (χ2v) is 25.7. The topological polar surface area (TPSA) is 17.9 Å². The Morgan fingerprint density at radius 2 is 0.694 bits per heavy atom. The van der Waals surface area contributed by atoms with Gasteiger partial charge >= 0.3 is 0 Å². The van der Waals surface area contributed by atoms with Crippen molar-refractivity contribution in [3.8, 4) is 5.69 Å². The molecule has 4 aliphatic rings. The van der Waals surface area contributed by atoms with Gasteiger partial charge in [0, 0.05) is 84.4 Å². The lowest BCUT2D eigenvalue weighted by Crippen LogP contribution is -2.65. The normalized spacial score (nSPS) is 13.9. The van der Waals surface area contributed by atoms with Crippen molar-refractivity contribution < 1.29 is 0 Å². The van der Waals surface area contributed by atoms with E-state index in [-0.39, 0.29) is 24.3 Å². The highest BCUT2D eigenvalue weighted by Gasteiger charge is 2.49. The van der Waals surface area contributed by atoms with Crippen LogP contribution in [0.4, 0.5) is 68.2 Å². The molecule has 0 amide bonds. The summed E-state index contributed by atoms with van der Waals surface area (Å²) in [7, 11) is 0. The summed E-state index contributed by atoms with van der Waals surface area (Å²) in [5, 5.41) is 4.96. The molecule has 0 spiro atoms. The summed E-state index contributed by atoms with van der Waals surface area (Å²) < 4.78 is 2.58. The minimum Gasteiger partial charge on any atom is -0.311 e. The van der Waals surface area contributed by atoms with Crippen molar-refractivity contribution in [2.45, 2.75) is 52.4 Å². The fourth-order valence-corrected chi connectivity index (χ4v) is 14.9. The van der Waals surface area contributed by atoms with Crippen LogP contribution in [0.15, 0.2) is 261 Å². The van der Waals surface area contributed by atoms with Crippen LogP contribution in [0, 0.1) is 0 Å². The third kappa shape index (κ3) is 7.32. The summed E-state index contributed by atoms with van der Waals surface area (Å²) in [4.78, 5) is 10.3. The van der Waals surface area contributed by atoms with Gasteiger partial charge in [-0.25, -0.2) is 0 Å². The first-order chi connectivity index (χ1) is 41.5. The van der Waals surface area contributed by atoms with Crippen LogP contribution < -0.4 is 52.4 Å². The van der Waals surface area contributed by atoms with Crippen LogP contribution in [0.25, 0.3) is 38.3 Å². The zero-order chi connectivity index (χ0) is 57.0. The maximum atomic E-state index is 2.65. The third-order valence-corrected chi connectivity index (χ3v) is 18.8. The van der Waals surface area contributed by atoms with Crippen molar-refractivity contribution in [3.63, 3.8) is 0 Å². The van der Waals surface area contributed by atoms with Crippen molar-refractivity contribution in [2.75, 3.05) is 19.6 Å². The summed E-state index contributed by atoms with van der Waals surface area (Å²) in [6.07, 6.45) is 0. The summed E-state index contributed by atoms with van der Waals surface area (Å²) in [5.41, 5.74) is 27.7. The number of rotatable bonds is 5. The first-order valence-electron chi connectivity index (χ1n) is 30.1. The molecule has 0 fully saturated rings. The van der Waals surface area contributed by atoms with Crippen LogP contribution in [0.3, 0.4) is 0 Å². The zero-order valence-corrected chi connectivity index (χ0v) is 48.7. The van der Waals surface area contributed by atoms with E-state index in [2.05, 4.69) is 327 Å². The number of anilines is 12. The van der Waals surface area contributed by atoms with E-state index in [0.29, 0.717) is 0 Å². The van der Waals surface area contributed by atoms with Crippen molar-refractivity contribution >= 4 is 147 Å². The molecule has 0 bridgehead atoms. The van der Waals surface area contributed by atoms with Crippen molar-refractivity contribution in [3.05, 3.63) is 272 Å². The van der Waals surface area contributed by atoms with Gasteiger partial charge in [-0.3, -0.25) is 0 Å². The van der Waals surface area contributed by atoms with Crippen LogP contribution in [-0.2, 0) is 10.8 Å². The molecule has 404 valence electrons. The highest BCUT2D eigenvalue weighted by atomic mass is 15.2. The van der Waals surface area contributed by atoms with Gasteiger partial charge in [-0.1, -0.05) is 199 Å². The van der Waals surface area contributed by atoms with Crippen LogP contribution in [0.5, 0.6) is 0 Å². The van der Waals surface area contributed by atoms with Crippen molar-refractivity contribution in [1.82, 2.24) is 4.57 Å². The molecule has 1 aromatic heterocycles. The van der Waals surface area contributed by atoms with E-state index < -0.39 is 0 Å². The predicted octanol–water partition coefficient (Wildman–Crippen LogP) is 16.7. The van der Waals surface area contributed by atoms with Crippen molar-refractivity contribution in [1.29, 1.82) is 0 Å². The van der Waals surface area contributed by atoms with Gasteiger partial charge in [0.15, 0.2) is 0 Å². The molecule has 7 heteroatoms. The number of hydrogen-bond donors (Lipinski definition) is 0. The van der Waals surface area contributed by atoms with E-state index in [1.807, 2.05) is 0 Å². The molecule has 5 heterocycles. The highest BCUT2D eigenvalue weighted by molar-refractivity contribution is 7.03. The van der Waals surface area contributed by atoms with Gasteiger partial charge in [0.1, 0.15) is 0 Å². The Morgan fingerprint density at radius 3 is 1.18 bits per heavy atom. The first kappa shape index (κ1) is 49.6. The Balaban J connectivity index is 1.01. The number of fused-ring (bicyclic) bond motifs is 13. The van der Waals surface area contributed by atoms with E-state index >= 15 is 0 Å². The average molecular weight is 1090 g/mol. The number of aromatic nitrogens is 1. The number of para-hydroxylation sites is 6. The van der Waals surface area contributed by atoms with Crippen LogP contribution >= 0.6 is 0 Å². The summed E-state index contributed by atoms with van der Waals surface area (Å²) >= 11 is 0. The maximum Gasteiger partial charge on any atom is 0.252 e. The Hall–Kier alpha value is -9.97. The third-order valence-electron chi connectivity index (χ3n) is 18.8. The summed E-state index contributed by atoms with van der Waals surface area (Å²) in [6.45, 7) is 13.8. The quantitative estimate of drug-likeness (QED) is 0.160. The second kappa shape index (κ2) is 18.3. The average Bonchev–Trinajstić information content (AvgIpc) is 1.33. The molecule has 12 aromatic carbocycles. The summed E-state index contributed by atoms with van der Waals surface area (Å²) in [5.74, 6) is 0. The molecule has 0 N–H and O–H groups in total. The minimum absolute atomic E-state index is 0.0327. The molecule has 17 rings (SSSR count). The van der Waals surface area contributed by atoms with Gasteiger partial charge < -0.3 is 24.2 Å².